The zero-order valence-electron chi connectivity index (χ0n) is 10.7. The van der Waals surface area contributed by atoms with Gasteiger partial charge in [0, 0.05) is 12.1 Å². The van der Waals surface area contributed by atoms with Crippen LogP contribution in [0.5, 0.6) is 0 Å². The molecule has 2 heterocycles. The summed E-state index contributed by atoms with van der Waals surface area (Å²) in [5.74, 6) is 0.473. The van der Waals surface area contributed by atoms with Crippen molar-refractivity contribution in [3.05, 3.63) is 23.4 Å². The van der Waals surface area contributed by atoms with Crippen molar-refractivity contribution in [3.8, 4) is 0 Å². The molecule has 0 saturated heterocycles. The molecule has 1 saturated carbocycles. The van der Waals surface area contributed by atoms with E-state index in [1.54, 1.807) is 6.07 Å². The number of carbonyl (C=O) groups excluding carboxylic acids is 2. The lowest BCUT2D eigenvalue weighted by Gasteiger charge is -2.12. The summed E-state index contributed by atoms with van der Waals surface area (Å²) in [6, 6.07) is 1.74. The van der Waals surface area contributed by atoms with E-state index in [0.717, 1.165) is 18.4 Å². The van der Waals surface area contributed by atoms with E-state index in [-0.39, 0.29) is 17.7 Å². The van der Waals surface area contributed by atoms with Gasteiger partial charge in [0.2, 0.25) is 5.91 Å². The van der Waals surface area contributed by atoms with Crippen LogP contribution in [0.3, 0.4) is 0 Å². The van der Waals surface area contributed by atoms with Crippen LogP contribution >= 0.6 is 0 Å². The number of hydrogen-bond donors (Lipinski definition) is 1. The Morgan fingerprint density at radius 1 is 1.58 bits per heavy atom. The molecule has 0 atom stereocenters. The average Bonchev–Trinajstić information content (AvgIpc) is 3.18. The molecule has 0 spiro atoms. The first-order valence-electron chi connectivity index (χ1n) is 6.43. The molecule has 6 heteroatoms. The standard InChI is InChI=1S/C13H15N3O3/c1-2-19-16-7-9-5-11(14-6-10(9)13(16)18)15-12(17)8-3-4-8/h5-6,8H,2-4,7H2,1H3,(H,14,15,17). The van der Waals surface area contributed by atoms with Gasteiger partial charge in [-0.25, -0.2) is 10.0 Å². The van der Waals surface area contributed by atoms with Crippen LogP contribution in [-0.2, 0) is 16.2 Å². The van der Waals surface area contributed by atoms with E-state index in [1.807, 2.05) is 6.92 Å². The van der Waals surface area contributed by atoms with Crippen LogP contribution < -0.4 is 5.32 Å². The normalized spacial score (nSPS) is 17.5. The van der Waals surface area contributed by atoms with Gasteiger partial charge in [0.15, 0.2) is 0 Å². The first-order valence-corrected chi connectivity index (χ1v) is 6.43. The third-order valence-corrected chi connectivity index (χ3v) is 3.24. The molecule has 0 aromatic carbocycles. The van der Waals surface area contributed by atoms with Crippen LogP contribution in [0.4, 0.5) is 5.82 Å². The summed E-state index contributed by atoms with van der Waals surface area (Å²) in [6.07, 6.45) is 3.40. The number of rotatable bonds is 4. The minimum absolute atomic E-state index is 0.0124. The van der Waals surface area contributed by atoms with Crippen molar-refractivity contribution in [3.63, 3.8) is 0 Å². The molecule has 1 N–H and O–H groups in total. The lowest BCUT2D eigenvalue weighted by molar-refractivity contribution is -0.119. The smallest absolute Gasteiger partial charge is 0.279 e. The Kier molecular flexibility index (Phi) is 2.94. The largest absolute Gasteiger partial charge is 0.310 e. The molecule has 0 unspecified atom stereocenters. The molecule has 6 nitrogen and oxygen atoms in total. The van der Waals surface area contributed by atoms with Gasteiger partial charge in [-0.1, -0.05) is 0 Å². The molecule has 0 radical (unpaired) electrons. The number of nitrogens with one attached hydrogen (secondary N) is 1. The predicted molar refractivity (Wildman–Crippen MR) is 67.1 cm³/mol. The molecule has 1 aromatic heterocycles. The first-order chi connectivity index (χ1) is 9.19. The molecule has 100 valence electrons. The summed E-state index contributed by atoms with van der Waals surface area (Å²) in [5, 5.41) is 4.09. The maximum atomic E-state index is 11.9. The van der Waals surface area contributed by atoms with E-state index in [0.29, 0.717) is 24.5 Å². The maximum Gasteiger partial charge on any atom is 0.279 e. The Balaban J connectivity index is 1.76. The number of fused-ring (bicyclic) bond motifs is 1. The third kappa shape index (κ3) is 2.31. The molecule has 1 aromatic rings. The minimum atomic E-state index is -0.176. The van der Waals surface area contributed by atoms with Gasteiger partial charge in [0.05, 0.1) is 18.7 Å². The minimum Gasteiger partial charge on any atom is -0.310 e. The van der Waals surface area contributed by atoms with Gasteiger partial charge in [-0.15, -0.1) is 0 Å². The highest BCUT2D eigenvalue weighted by Gasteiger charge is 2.31. The molecule has 19 heavy (non-hydrogen) atoms. The number of anilines is 1. The molecule has 3 rings (SSSR count). The number of hydroxylamine groups is 2. The van der Waals surface area contributed by atoms with Crippen molar-refractivity contribution in [2.75, 3.05) is 11.9 Å². The number of pyridine rings is 1. The maximum absolute atomic E-state index is 11.9. The van der Waals surface area contributed by atoms with Crippen LogP contribution in [0.25, 0.3) is 0 Å². The summed E-state index contributed by atoms with van der Waals surface area (Å²) in [7, 11) is 0. The van der Waals surface area contributed by atoms with Crippen LogP contribution in [0.1, 0.15) is 35.7 Å². The van der Waals surface area contributed by atoms with Crippen molar-refractivity contribution in [2.24, 2.45) is 5.92 Å². The van der Waals surface area contributed by atoms with Crippen molar-refractivity contribution in [1.82, 2.24) is 10.0 Å². The number of hydrogen-bond acceptors (Lipinski definition) is 4. The van der Waals surface area contributed by atoms with Crippen molar-refractivity contribution < 1.29 is 14.4 Å². The van der Waals surface area contributed by atoms with Crippen molar-refractivity contribution >= 4 is 17.6 Å². The molecule has 1 fully saturated rings. The van der Waals surface area contributed by atoms with Crippen LogP contribution in [0.2, 0.25) is 0 Å². The zero-order valence-corrected chi connectivity index (χ0v) is 10.7. The number of aromatic nitrogens is 1. The van der Waals surface area contributed by atoms with Crippen LogP contribution in [-0.4, -0.2) is 28.5 Å². The second-order valence-corrected chi connectivity index (χ2v) is 4.75. The summed E-state index contributed by atoms with van der Waals surface area (Å²) < 4.78 is 0. The summed E-state index contributed by atoms with van der Waals surface area (Å²) in [4.78, 5) is 32.9. The Morgan fingerprint density at radius 2 is 2.37 bits per heavy atom. The van der Waals surface area contributed by atoms with Gasteiger partial charge >= 0.3 is 0 Å². The fourth-order valence-electron chi connectivity index (χ4n) is 2.08. The molecule has 2 amide bonds. The number of amides is 2. The lowest BCUT2D eigenvalue weighted by Crippen LogP contribution is -2.23. The van der Waals surface area contributed by atoms with Gasteiger partial charge in [0.25, 0.3) is 5.91 Å². The highest BCUT2D eigenvalue weighted by molar-refractivity contribution is 5.98. The van der Waals surface area contributed by atoms with Gasteiger partial charge in [-0.05, 0) is 31.4 Å². The van der Waals surface area contributed by atoms with E-state index >= 15 is 0 Å². The molecular formula is C13H15N3O3. The molecule has 1 aliphatic carbocycles. The average molecular weight is 261 g/mol. The van der Waals surface area contributed by atoms with Crippen molar-refractivity contribution in [1.29, 1.82) is 0 Å². The van der Waals surface area contributed by atoms with Gasteiger partial charge < -0.3 is 5.32 Å². The molecular weight excluding hydrogens is 246 g/mol. The van der Waals surface area contributed by atoms with E-state index in [4.69, 9.17) is 4.84 Å². The Morgan fingerprint density at radius 3 is 3.05 bits per heavy atom. The van der Waals surface area contributed by atoms with Gasteiger partial charge in [-0.2, -0.15) is 0 Å². The van der Waals surface area contributed by atoms with Crippen LogP contribution in [0, 0.1) is 5.92 Å². The summed E-state index contributed by atoms with van der Waals surface area (Å²) in [5.41, 5.74) is 1.37. The third-order valence-electron chi connectivity index (χ3n) is 3.24. The highest BCUT2D eigenvalue weighted by Crippen LogP contribution is 2.30. The second-order valence-electron chi connectivity index (χ2n) is 4.75. The number of carbonyl (C=O) groups is 2. The fourth-order valence-corrected chi connectivity index (χ4v) is 2.08. The van der Waals surface area contributed by atoms with E-state index < -0.39 is 0 Å². The zero-order chi connectivity index (χ0) is 13.4. The van der Waals surface area contributed by atoms with E-state index in [1.165, 1.54) is 11.3 Å². The van der Waals surface area contributed by atoms with E-state index in [2.05, 4.69) is 10.3 Å². The molecule has 2 aliphatic rings. The Labute approximate surface area is 110 Å². The van der Waals surface area contributed by atoms with E-state index in [9.17, 15) is 9.59 Å². The lowest BCUT2D eigenvalue weighted by atomic mass is 10.2. The van der Waals surface area contributed by atoms with Gasteiger partial charge in [0.1, 0.15) is 5.82 Å². The number of nitrogens with zero attached hydrogens (tertiary/aromatic N) is 2. The first kappa shape index (κ1) is 12.1. The highest BCUT2D eigenvalue weighted by atomic mass is 16.7. The monoisotopic (exact) mass is 261 g/mol. The quantitative estimate of drug-likeness (QED) is 0.887. The Bertz CT molecular complexity index is 540. The second kappa shape index (κ2) is 4.62. The summed E-state index contributed by atoms with van der Waals surface area (Å²) in [6.45, 7) is 2.67. The SMILES string of the molecule is CCON1Cc2cc(NC(=O)C3CC3)ncc2C1=O. The fraction of sp³-hybridized carbons (Fsp3) is 0.462. The predicted octanol–water partition coefficient (Wildman–Crippen LogP) is 1.34. The van der Waals surface area contributed by atoms with Crippen LogP contribution in [0.15, 0.2) is 12.3 Å². The molecule has 0 bridgehead atoms. The Hall–Kier alpha value is -1.95. The summed E-state index contributed by atoms with van der Waals surface area (Å²) >= 11 is 0. The topological polar surface area (TPSA) is 71.5 Å². The van der Waals surface area contributed by atoms with Crippen molar-refractivity contribution in [2.45, 2.75) is 26.3 Å². The van der Waals surface area contributed by atoms with Gasteiger partial charge in [-0.3, -0.25) is 14.4 Å². The molecule has 1 aliphatic heterocycles.